The van der Waals surface area contributed by atoms with Crippen LogP contribution in [0.1, 0.15) is 24.2 Å². The molecule has 0 bridgehead atoms. The summed E-state index contributed by atoms with van der Waals surface area (Å²) in [6.45, 7) is 4.05. The number of nitrogens with one attached hydrogen (secondary N) is 1. The number of hydrogen-bond donors (Lipinski definition) is 1. The average Bonchev–Trinajstić information content (AvgIpc) is 3.01. The second kappa shape index (κ2) is 8.64. The number of morpholine rings is 1. The number of benzene rings is 2. The topological polar surface area (TPSA) is 93.5 Å². The van der Waals surface area contributed by atoms with Gasteiger partial charge in [0.2, 0.25) is 16.0 Å². The lowest BCUT2D eigenvalue weighted by Crippen LogP contribution is -2.48. The van der Waals surface area contributed by atoms with Crippen molar-refractivity contribution in [3.63, 3.8) is 0 Å². The van der Waals surface area contributed by atoms with Crippen molar-refractivity contribution in [1.82, 2.24) is 13.9 Å². The summed E-state index contributed by atoms with van der Waals surface area (Å²) in [6, 6.07) is 9.41. The highest BCUT2D eigenvalue weighted by Crippen LogP contribution is 2.29. The molecular formula is C21H22Cl2N4O4S. The molecule has 2 unspecified atom stereocenters. The highest BCUT2D eigenvalue weighted by molar-refractivity contribution is 7.89. The molecule has 2 heterocycles. The van der Waals surface area contributed by atoms with E-state index in [1.807, 2.05) is 13.8 Å². The van der Waals surface area contributed by atoms with E-state index in [1.165, 1.54) is 22.5 Å². The van der Waals surface area contributed by atoms with Gasteiger partial charge in [-0.05, 0) is 50.2 Å². The number of rotatable bonds is 4. The first-order valence-electron chi connectivity index (χ1n) is 9.94. The molecule has 1 N–H and O–H groups in total. The number of aromatic nitrogens is 2. The first-order chi connectivity index (χ1) is 15.1. The fourth-order valence-corrected chi connectivity index (χ4v) is 6.02. The van der Waals surface area contributed by atoms with E-state index in [0.717, 1.165) is 5.52 Å². The molecule has 0 radical (unpaired) electrons. The van der Waals surface area contributed by atoms with Crippen molar-refractivity contribution in [3.05, 3.63) is 52.0 Å². The highest BCUT2D eigenvalue weighted by atomic mass is 35.5. The van der Waals surface area contributed by atoms with Gasteiger partial charge in [0.15, 0.2) is 0 Å². The van der Waals surface area contributed by atoms with Crippen molar-refractivity contribution >= 4 is 56.1 Å². The molecule has 1 aromatic heterocycles. The number of ether oxygens (including phenoxy) is 1. The van der Waals surface area contributed by atoms with Crippen LogP contribution in [0.3, 0.4) is 0 Å². The Labute approximate surface area is 196 Å². The lowest BCUT2D eigenvalue weighted by Gasteiger charge is -2.34. The van der Waals surface area contributed by atoms with Gasteiger partial charge in [0.25, 0.3) is 5.91 Å². The smallest absolute Gasteiger partial charge is 0.258 e. The normalized spacial score (nSPS) is 19.9. The highest BCUT2D eigenvalue weighted by Gasteiger charge is 2.34. The monoisotopic (exact) mass is 496 g/mol. The number of sulfonamides is 1. The molecule has 1 amide bonds. The first kappa shape index (κ1) is 23.0. The summed E-state index contributed by atoms with van der Waals surface area (Å²) in [4.78, 5) is 17.2. The fourth-order valence-electron chi connectivity index (χ4n) is 3.77. The molecule has 2 aromatic carbocycles. The minimum atomic E-state index is -3.91. The van der Waals surface area contributed by atoms with E-state index in [0.29, 0.717) is 16.5 Å². The minimum Gasteiger partial charge on any atom is -0.373 e. The summed E-state index contributed by atoms with van der Waals surface area (Å²) in [7, 11) is -2.15. The van der Waals surface area contributed by atoms with Crippen molar-refractivity contribution in [2.24, 2.45) is 7.05 Å². The fraction of sp³-hybridized carbons (Fsp3) is 0.333. The molecule has 0 spiro atoms. The summed E-state index contributed by atoms with van der Waals surface area (Å²) >= 11 is 12.3. The summed E-state index contributed by atoms with van der Waals surface area (Å²) in [5.74, 6) is -0.200. The van der Waals surface area contributed by atoms with Gasteiger partial charge in [-0.2, -0.15) is 4.31 Å². The molecule has 4 rings (SSSR count). The van der Waals surface area contributed by atoms with Gasteiger partial charge in [-0.15, -0.1) is 0 Å². The summed E-state index contributed by atoms with van der Waals surface area (Å²) in [5.41, 5.74) is 1.57. The van der Waals surface area contributed by atoms with Gasteiger partial charge in [0.1, 0.15) is 4.90 Å². The number of fused-ring (bicyclic) bond motifs is 1. The number of amides is 1. The van der Waals surface area contributed by atoms with Crippen LogP contribution in [0, 0.1) is 0 Å². The van der Waals surface area contributed by atoms with Crippen LogP contribution in [-0.4, -0.2) is 53.5 Å². The van der Waals surface area contributed by atoms with Gasteiger partial charge in [-0.3, -0.25) is 10.1 Å². The number of carbonyl (C=O) groups is 1. The SMILES string of the molecule is CC1CN(S(=O)(=O)c2cc(C(=O)Nc3nc4cc(Cl)ccc4n3C)ccc2Cl)CC(C)O1. The van der Waals surface area contributed by atoms with Crippen molar-refractivity contribution < 1.29 is 17.9 Å². The number of aryl methyl sites for hydroxylation is 1. The molecule has 8 nitrogen and oxygen atoms in total. The summed E-state index contributed by atoms with van der Waals surface area (Å²) in [6.07, 6.45) is -0.491. The molecule has 3 aromatic rings. The molecule has 0 aliphatic carbocycles. The van der Waals surface area contributed by atoms with Crippen LogP contribution in [0.5, 0.6) is 0 Å². The number of carbonyl (C=O) groups excluding carboxylic acids is 1. The molecule has 32 heavy (non-hydrogen) atoms. The largest absolute Gasteiger partial charge is 0.373 e. The standard InChI is InChI=1S/C21H22Cl2N4O4S/c1-12-10-27(11-13(2)31-12)32(29,30)19-8-14(4-6-16(19)23)20(28)25-21-24-17-9-15(22)5-7-18(17)26(21)3/h4-9,12-13H,10-11H2,1-3H3,(H,24,25,28). The molecule has 11 heteroatoms. The van der Waals surface area contributed by atoms with Gasteiger partial charge >= 0.3 is 0 Å². The Morgan fingerprint density at radius 1 is 1.12 bits per heavy atom. The van der Waals surface area contributed by atoms with Gasteiger partial charge in [-0.1, -0.05) is 23.2 Å². The van der Waals surface area contributed by atoms with Crippen molar-refractivity contribution in [2.75, 3.05) is 18.4 Å². The van der Waals surface area contributed by atoms with Crippen LogP contribution in [0.2, 0.25) is 10.0 Å². The van der Waals surface area contributed by atoms with Gasteiger partial charge in [0.05, 0.1) is 28.3 Å². The van der Waals surface area contributed by atoms with Crippen LogP contribution in [0.15, 0.2) is 41.3 Å². The van der Waals surface area contributed by atoms with E-state index < -0.39 is 15.9 Å². The van der Waals surface area contributed by atoms with E-state index in [-0.39, 0.29) is 40.8 Å². The van der Waals surface area contributed by atoms with Gasteiger partial charge in [-0.25, -0.2) is 13.4 Å². The van der Waals surface area contributed by atoms with E-state index >= 15 is 0 Å². The zero-order valence-electron chi connectivity index (χ0n) is 17.7. The van der Waals surface area contributed by atoms with Crippen LogP contribution >= 0.6 is 23.2 Å². The number of nitrogens with zero attached hydrogens (tertiary/aromatic N) is 3. The van der Waals surface area contributed by atoms with Crippen LogP contribution in [0.4, 0.5) is 5.95 Å². The molecule has 1 fully saturated rings. The first-order valence-corrected chi connectivity index (χ1v) is 12.1. The third-order valence-corrected chi connectivity index (χ3v) is 7.81. The van der Waals surface area contributed by atoms with Gasteiger partial charge in [0, 0.05) is 30.7 Å². The lowest BCUT2D eigenvalue weighted by molar-refractivity contribution is -0.0440. The minimum absolute atomic E-state index is 0.0470. The zero-order chi connectivity index (χ0) is 23.2. The maximum absolute atomic E-state index is 13.3. The molecule has 1 aliphatic heterocycles. The van der Waals surface area contributed by atoms with Crippen LogP contribution < -0.4 is 5.32 Å². The number of halogens is 2. The average molecular weight is 497 g/mol. The Balaban J connectivity index is 1.64. The second-order valence-electron chi connectivity index (χ2n) is 7.81. The van der Waals surface area contributed by atoms with Gasteiger partial charge < -0.3 is 9.30 Å². The number of hydrogen-bond acceptors (Lipinski definition) is 5. The predicted octanol–water partition coefficient (Wildman–Crippen LogP) is 3.93. The molecule has 170 valence electrons. The quantitative estimate of drug-likeness (QED) is 0.590. The second-order valence-corrected chi connectivity index (χ2v) is 10.6. The third-order valence-electron chi connectivity index (χ3n) is 5.27. The molecular weight excluding hydrogens is 475 g/mol. The summed E-state index contributed by atoms with van der Waals surface area (Å²) < 4.78 is 35.2. The molecule has 2 atom stereocenters. The van der Waals surface area contributed by atoms with Crippen molar-refractivity contribution in [3.8, 4) is 0 Å². The summed E-state index contributed by atoms with van der Waals surface area (Å²) in [5, 5.41) is 3.31. The lowest BCUT2D eigenvalue weighted by atomic mass is 10.2. The Morgan fingerprint density at radius 3 is 2.50 bits per heavy atom. The van der Waals surface area contributed by atoms with Crippen molar-refractivity contribution in [2.45, 2.75) is 31.0 Å². The molecule has 1 aliphatic rings. The number of anilines is 1. The zero-order valence-corrected chi connectivity index (χ0v) is 20.0. The Morgan fingerprint density at radius 2 is 1.81 bits per heavy atom. The predicted molar refractivity (Wildman–Crippen MR) is 124 cm³/mol. The number of imidazole rings is 1. The van der Waals surface area contributed by atoms with E-state index in [9.17, 15) is 13.2 Å². The Bertz CT molecular complexity index is 1300. The van der Waals surface area contributed by atoms with E-state index in [1.54, 1.807) is 29.8 Å². The van der Waals surface area contributed by atoms with E-state index in [4.69, 9.17) is 27.9 Å². The maximum atomic E-state index is 13.3. The molecule has 1 saturated heterocycles. The maximum Gasteiger partial charge on any atom is 0.258 e. The third kappa shape index (κ3) is 4.35. The van der Waals surface area contributed by atoms with Crippen LogP contribution in [-0.2, 0) is 21.8 Å². The Hall–Kier alpha value is -2.17. The van der Waals surface area contributed by atoms with E-state index in [2.05, 4.69) is 10.3 Å². The van der Waals surface area contributed by atoms with Crippen molar-refractivity contribution in [1.29, 1.82) is 0 Å². The molecule has 0 saturated carbocycles. The van der Waals surface area contributed by atoms with Crippen LogP contribution in [0.25, 0.3) is 11.0 Å². The Kier molecular flexibility index (Phi) is 6.21.